The van der Waals surface area contributed by atoms with Gasteiger partial charge >= 0.3 is 0 Å². The number of nitrogens with one attached hydrogen (secondary N) is 1. The molecular weight excluding hydrogens is 316 g/mol. The first-order valence-corrected chi connectivity index (χ1v) is 9.16. The molecule has 23 heavy (non-hydrogen) atoms. The van der Waals surface area contributed by atoms with Crippen molar-refractivity contribution in [3.63, 3.8) is 0 Å². The fourth-order valence-corrected chi connectivity index (χ4v) is 3.33. The van der Waals surface area contributed by atoms with Crippen LogP contribution in [-0.4, -0.2) is 62.0 Å². The molecule has 0 saturated carbocycles. The number of sulfonamides is 1. The van der Waals surface area contributed by atoms with Gasteiger partial charge in [-0.05, 0) is 25.1 Å². The van der Waals surface area contributed by atoms with E-state index in [-0.39, 0.29) is 11.9 Å². The summed E-state index contributed by atoms with van der Waals surface area (Å²) in [5, 5.41) is 11.7. The summed E-state index contributed by atoms with van der Waals surface area (Å²) in [7, 11) is -3.18. The number of piperazine rings is 1. The molecular formula is C15H20N4O3S. The lowest BCUT2D eigenvalue weighted by atomic mass is 10.2. The Morgan fingerprint density at radius 1 is 1.30 bits per heavy atom. The van der Waals surface area contributed by atoms with Crippen LogP contribution in [0.5, 0.6) is 0 Å². The molecule has 0 aliphatic carbocycles. The van der Waals surface area contributed by atoms with Crippen LogP contribution >= 0.6 is 0 Å². The molecule has 1 aromatic rings. The zero-order chi connectivity index (χ0) is 17.0. The van der Waals surface area contributed by atoms with Gasteiger partial charge in [-0.1, -0.05) is 6.07 Å². The fourth-order valence-electron chi connectivity index (χ4n) is 2.50. The molecule has 1 atom stereocenters. The summed E-state index contributed by atoms with van der Waals surface area (Å²) in [6.45, 7) is 3.60. The van der Waals surface area contributed by atoms with E-state index in [1.165, 1.54) is 10.6 Å². The second-order valence-electron chi connectivity index (χ2n) is 5.56. The van der Waals surface area contributed by atoms with Gasteiger partial charge in [0, 0.05) is 31.9 Å². The first kappa shape index (κ1) is 17.4. The molecule has 2 rings (SSSR count). The van der Waals surface area contributed by atoms with Gasteiger partial charge < -0.3 is 5.32 Å². The number of benzene rings is 1. The Labute approximate surface area is 136 Å². The Balaban J connectivity index is 1.94. The fraction of sp³-hybridized carbons (Fsp3) is 0.467. The lowest BCUT2D eigenvalue weighted by molar-refractivity contribution is -0.121. The van der Waals surface area contributed by atoms with Crippen LogP contribution in [-0.2, 0) is 14.8 Å². The van der Waals surface area contributed by atoms with Gasteiger partial charge in [-0.25, -0.2) is 8.42 Å². The van der Waals surface area contributed by atoms with Crippen molar-refractivity contribution in [2.75, 3.05) is 37.8 Å². The van der Waals surface area contributed by atoms with Crippen molar-refractivity contribution < 1.29 is 13.2 Å². The lowest BCUT2D eigenvalue weighted by Gasteiger charge is -2.36. The van der Waals surface area contributed by atoms with Crippen molar-refractivity contribution in [1.29, 1.82) is 5.26 Å². The summed E-state index contributed by atoms with van der Waals surface area (Å²) in [4.78, 5) is 14.3. The number of hydrogen-bond donors (Lipinski definition) is 1. The van der Waals surface area contributed by atoms with E-state index >= 15 is 0 Å². The first-order chi connectivity index (χ1) is 10.8. The van der Waals surface area contributed by atoms with Crippen molar-refractivity contribution in [3.05, 3.63) is 29.8 Å². The third-order valence-electron chi connectivity index (χ3n) is 3.93. The van der Waals surface area contributed by atoms with Crippen molar-refractivity contribution in [2.24, 2.45) is 0 Å². The monoisotopic (exact) mass is 336 g/mol. The van der Waals surface area contributed by atoms with E-state index in [9.17, 15) is 13.2 Å². The number of anilines is 1. The highest BCUT2D eigenvalue weighted by Gasteiger charge is 2.28. The SMILES string of the molecule is CC(C(=O)Nc1cccc(C#N)c1)N1CCN(S(C)(=O)=O)CC1. The number of amides is 1. The number of carbonyl (C=O) groups excluding carboxylic acids is 1. The Hall–Kier alpha value is -1.95. The standard InChI is InChI=1S/C15H20N4O3S/c1-12(18-6-8-19(9-7-18)23(2,21)22)15(20)17-14-5-3-4-13(10-14)11-16/h3-5,10,12H,6-9H2,1-2H3,(H,17,20). The number of rotatable bonds is 4. The minimum Gasteiger partial charge on any atom is -0.325 e. The van der Waals surface area contributed by atoms with Crippen LogP contribution in [0.25, 0.3) is 0 Å². The Morgan fingerprint density at radius 3 is 2.52 bits per heavy atom. The average molecular weight is 336 g/mol. The van der Waals surface area contributed by atoms with E-state index in [1.54, 1.807) is 31.2 Å². The predicted molar refractivity (Wildman–Crippen MR) is 87.2 cm³/mol. The smallest absolute Gasteiger partial charge is 0.241 e. The van der Waals surface area contributed by atoms with Gasteiger partial charge in [-0.15, -0.1) is 0 Å². The van der Waals surface area contributed by atoms with Gasteiger partial charge in [0.25, 0.3) is 0 Å². The predicted octanol–water partition coefficient (Wildman–Crippen LogP) is 0.462. The van der Waals surface area contributed by atoms with E-state index in [1.807, 2.05) is 11.0 Å². The molecule has 0 bridgehead atoms. The van der Waals surface area contributed by atoms with Crippen molar-refractivity contribution in [2.45, 2.75) is 13.0 Å². The van der Waals surface area contributed by atoms with Crippen LogP contribution in [0, 0.1) is 11.3 Å². The highest BCUT2D eigenvalue weighted by Crippen LogP contribution is 2.13. The quantitative estimate of drug-likeness (QED) is 0.862. The van der Waals surface area contributed by atoms with E-state index in [2.05, 4.69) is 5.32 Å². The van der Waals surface area contributed by atoms with E-state index in [4.69, 9.17) is 5.26 Å². The van der Waals surface area contributed by atoms with Gasteiger partial charge in [0.05, 0.1) is 23.9 Å². The van der Waals surface area contributed by atoms with Crippen molar-refractivity contribution in [3.8, 4) is 6.07 Å². The summed E-state index contributed by atoms with van der Waals surface area (Å²) in [5.41, 5.74) is 1.06. The second kappa shape index (κ2) is 7.08. The summed E-state index contributed by atoms with van der Waals surface area (Å²) in [6.07, 6.45) is 1.20. The van der Waals surface area contributed by atoms with Crippen LogP contribution < -0.4 is 5.32 Å². The molecule has 1 aliphatic heterocycles. The number of hydrogen-bond acceptors (Lipinski definition) is 5. The van der Waals surface area contributed by atoms with Crippen LogP contribution in [0.3, 0.4) is 0 Å². The second-order valence-corrected chi connectivity index (χ2v) is 7.54. The summed E-state index contributed by atoms with van der Waals surface area (Å²) in [6, 6.07) is 8.38. The third kappa shape index (κ3) is 4.51. The largest absolute Gasteiger partial charge is 0.325 e. The highest BCUT2D eigenvalue weighted by molar-refractivity contribution is 7.88. The zero-order valence-electron chi connectivity index (χ0n) is 13.2. The normalized spacial score (nSPS) is 18.1. The molecule has 1 heterocycles. The molecule has 1 saturated heterocycles. The van der Waals surface area contributed by atoms with E-state index in [0.717, 1.165) is 0 Å². The topological polar surface area (TPSA) is 93.5 Å². The molecule has 8 heteroatoms. The van der Waals surface area contributed by atoms with E-state index < -0.39 is 10.0 Å². The maximum atomic E-state index is 12.3. The van der Waals surface area contributed by atoms with E-state index in [0.29, 0.717) is 37.4 Å². The lowest BCUT2D eigenvalue weighted by Crippen LogP contribution is -2.53. The summed E-state index contributed by atoms with van der Waals surface area (Å²) >= 11 is 0. The first-order valence-electron chi connectivity index (χ1n) is 7.31. The molecule has 124 valence electrons. The molecule has 1 aliphatic rings. The molecule has 7 nitrogen and oxygen atoms in total. The van der Waals surface area contributed by atoms with Crippen molar-refractivity contribution >= 4 is 21.6 Å². The summed E-state index contributed by atoms with van der Waals surface area (Å²) < 4.78 is 24.4. The Kier molecular flexibility index (Phi) is 5.36. The zero-order valence-corrected chi connectivity index (χ0v) is 14.0. The number of nitriles is 1. The van der Waals surface area contributed by atoms with Crippen LogP contribution in [0.2, 0.25) is 0 Å². The number of nitrogens with zero attached hydrogens (tertiary/aromatic N) is 3. The van der Waals surface area contributed by atoms with Gasteiger partial charge in [-0.2, -0.15) is 9.57 Å². The minimum absolute atomic E-state index is 0.173. The molecule has 1 fully saturated rings. The average Bonchev–Trinajstić information content (AvgIpc) is 2.53. The molecule has 0 spiro atoms. The Bertz CT molecular complexity index is 718. The third-order valence-corrected chi connectivity index (χ3v) is 5.23. The molecule has 0 aromatic heterocycles. The maximum Gasteiger partial charge on any atom is 0.241 e. The molecule has 1 unspecified atom stereocenters. The van der Waals surface area contributed by atoms with Gasteiger partial charge in [0.1, 0.15) is 0 Å². The maximum absolute atomic E-state index is 12.3. The molecule has 0 radical (unpaired) electrons. The molecule has 1 amide bonds. The van der Waals surface area contributed by atoms with Gasteiger partial charge in [0.2, 0.25) is 15.9 Å². The van der Waals surface area contributed by atoms with Gasteiger partial charge in [0.15, 0.2) is 0 Å². The molecule has 1 aromatic carbocycles. The van der Waals surface area contributed by atoms with Crippen LogP contribution in [0.15, 0.2) is 24.3 Å². The highest BCUT2D eigenvalue weighted by atomic mass is 32.2. The minimum atomic E-state index is -3.18. The number of carbonyl (C=O) groups is 1. The van der Waals surface area contributed by atoms with Crippen LogP contribution in [0.1, 0.15) is 12.5 Å². The van der Waals surface area contributed by atoms with Crippen LogP contribution in [0.4, 0.5) is 5.69 Å². The van der Waals surface area contributed by atoms with Crippen molar-refractivity contribution in [1.82, 2.24) is 9.21 Å². The molecule has 1 N–H and O–H groups in total. The Morgan fingerprint density at radius 2 is 1.96 bits per heavy atom. The van der Waals surface area contributed by atoms with Gasteiger partial charge in [-0.3, -0.25) is 9.69 Å². The summed E-state index contributed by atoms with van der Waals surface area (Å²) in [5.74, 6) is -0.173.